The molecule has 0 bridgehead atoms. The van der Waals surface area contributed by atoms with Gasteiger partial charge in [-0.05, 0) is 57.9 Å². The Balaban J connectivity index is 1.68. The number of amides is 5. The monoisotopic (exact) mass is 624 g/mol. The first kappa shape index (κ1) is 35.2. The number of hydrogen-bond acceptors (Lipinski definition) is 7. The van der Waals surface area contributed by atoms with Crippen molar-refractivity contribution >= 4 is 40.8 Å². The molecule has 0 unspecified atom stereocenters. The lowest BCUT2D eigenvalue weighted by molar-refractivity contribution is -0.116. The van der Waals surface area contributed by atoms with Crippen molar-refractivity contribution < 1.29 is 29.0 Å². The van der Waals surface area contributed by atoms with E-state index in [1.54, 1.807) is 66.2 Å². The number of nitrogen functional groups attached to an aromatic ring is 1. The van der Waals surface area contributed by atoms with E-state index in [1.165, 1.54) is 0 Å². The Morgan fingerprint density at radius 2 is 1.62 bits per heavy atom. The highest BCUT2D eigenvalue weighted by atomic mass is 16.5. The molecule has 3 rings (SSSR count). The molecule has 0 radical (unpaired) electrons. The fraction of sp³-hybridized carbons (Fsp3) is 0.515. The molecule has 2 aromatic carbocycles. The fourth-order valence-electron chi connectivity index (χ4n) is 5.05. The van der Waals surface area contributed by atoms with Gasteiger partial charge in [-0.2, -0.15) is 0 Å². The molecule has 1 aliphatic rings. The molecule has 1 heterocycles. The zero-order valence-corrected chi connectivity index (χ0v) is 27.0. The van der Waals surface area contributed by atoms with Crippen LogP contribution in [-0.4, -0.2) is 83.6 Å². The van der Waals surface area contributed by atoms with Gasteiger partial charge in [-0.25, -0.2) is 4.79 Å². The van der Waals surface area contributed by atoms with E-state index in [0.29, 0.717) is 49.3 Å². The second-order valence-corrected chi connectivity index (χ2v) is 12.0. The van der Waals surface area contributed by atoms with Crippen molar-refractivity contribution in [2.45, 2.75) is 78.0 Å². The maximum Gasteiger partial charge on any atom is 0.317 e. The molecule has 0 saturated carbocycles. The van der Waals surface area contributed by atoms with Gasteiger partial charge < -0.3 is 41.3 Å². The summed E-state index contributed by atoms with van der Waals surface area (Å²) >= 11 is 0. The standard InChI is InChI=1S/C33H48N6O6/c1-21(2)35-33(44)38(5)19-28-22(3)18-39(23(4)20-40)32(43)24-12-11-15-27(31(24)45-28)37-30(42)17-8-6-7-16-29(41)36-26-14-10-9-13-25(26)34/h9-15,21-23,28,40H,6-8,16-20,34H2,1-5H3,(H,35,44)(H,36,41)(H,37,42)/t22-,23-,28-/m1/s1. The first-order valence-electron chi connectivity index (χ1n) is 15.6. The summed E-state index contributed by atoms with van der Waals surface area (Å²) in [5, 5.41) is 18.5. The number of fused-ring (bicyclic) bond motifs is 1. The van der Waals surface area contributed by atoms with Gasteiger partial charge in [-0.1, -0.05) is 31.5 Å². The van der Waals surface area contributed by atoms with Gasteiger partial charge in [0.2, 0.25) is 11.8 Å². The first-order valence-corrected chi connectivity index (χ1v) is 15.6. The molecule has 12 heteroatoms. The maximum absolute atomic E-state index is 13.7. The van der Waals surface area contributed by atoms with Gasteiger partial charge in [-0.3, -0.25) is 14.4 Å². The Labute approximate surface area is 265 Å². The molecule has 3 atom stereocenters. The molecule has 1 aliphatic heterocycles. The number of aliphatic hydroxyl groups is 1. The second kappa shape index (κ2) is 16.7. The largest absolute Gasteiger partial charge is 0.485 e. The van der Waals surface area contributed by atoms with Gasteiger partial charge in [0.05, 0.1) is 41.8 Å². The summed E-state index contributed by atoms with van der Waals surface area (Å²) in [5.74, 6) is -0.666. The molecule has 246 valence electrons. The van der Waals surface area contributed by atoms with Gasteiger partial charge >= 0.3 is 6.03 Å². The first-order chi connectivity index (χ1) is 21.4. The van der Waals surface area contributed by atoms with Crippen molar-refractivity contribution in [3.63, 3.8) is 0 Å². The molecule has 0 fully saturated rings. The molecular formula is C33H48N6O6. The second-order valence-electron chi connectivity index (χ2n) is 12.0. The van der Waals surface area contributed by atoms with E-state index >= 15 is 0 Å². The number of likely N-dealkylation sites (N-methyl/N-ethyl adjacent to an activating group) is 1. The van der Waals surface area contributed by atoms with Gasteiger partial charge in [0, 0.05) is 38.4 Å². The zero-order chi connectivity index (χ0) is 33.1. The van der Waals surface area contributed by atoms with Crippen LogP contribution in [0.4, 0.5) is 21.9 Å². The van der Waals surface area contributed by atoms with E-state index in [9.17, 15) is 24.3 Å². The molecule has 45 heavy (non-hydrogen) atoms. The minimum atomic E-state index is -0.511. The molecule has 0 aliphatic carbocycles. The van der Waals surface area contributed by atoms with E-state index in [4.69, 9.17) is 10.5 Å². The molecule has 12 nitrogen and oxygen atoms in total. The van der Waals surface area contributed by atoms with Gasteiger partial charge in [-0.15, -0.1) is 0 Å². The number of ether oxygens (including phenoxy) is 1. The van der Waals surface area contributed by atoms with Crippen LogP contribution >= 0.6 is 0 Å². The lowest BCUT2D eigenvalue weighted by Gasteiger charge is -2.38. The number of urea groups is 1. The van der Waals surface area contributed by atoms with E-state index in [1.807, 2.05) is 20.8 Å². The highest BCUT2D eigenvalue weighted by Gasteiger charge is 2.35. The van der Waals surface area contributed by atoms with Crippen LogP contribution in [0.15, 0.2) is 42.5 Å². The number of hydrogen-bond donors (Lipinski definition) is 5. The number of nitrogens with two attached hydrogens (primary N) is 1. The minimum Gasteiger partial charge on any atom is -0.485 e. The Morgan fingerprint density at radius 3 is 2.24 bits per heavy atom. The molecule has 0 saturated heterocycles. The van der Waals surface area contributed by atoms with Crippen LogP contribution in [0.25, 0.3) is 0 Å². The van der Waals surface area contributed by atoms with E-state index in [2.05, 4.69) is 16.0 Å². The SMILES string of the molecule is CC(C)NC(=O)N(C)C[C@H]1Oc2c(NC(=O)CCCCCC(=O)Nc3ccccc3N)cccc2C(=O)N([C@H](C)CO)C[C@H]1C. The number of carbonyl (C=O) groups excluding carboxylic acids is 4. The van der Waals surface area contributed by atoms with Gasteiger partial charge in [0.25, 0.3) is 5.91 Å². The lowest BCUT2D eigenvalue weighted by Crippen LogP contribution is -2.51. The molecule has 0 spiro atoms. The summed E-state index contributed by atoms with van der Waals surface area (Å²) in [5.41, 5.74) is 7.59. The van der Waals surface area contributed by atoms with Crippen molar-refractivity contribution in [2.24, 2.45) is 5.92 Å². The van der Waals surface area contributed by atoms with Crippen LogP contribution in [0.2, 0.25) is 0 Å². The quantitative estimate of drug-likeness (QED) is 0.165. The van der Waals surface area contributed by atoms with Crippen molar-refractivity contribution in [1.82, 2.24) is 15.1 Å². The Kier molecular flexibility index (Phi) is 13.0. The van der Waals surface area contributed by atoms with Gasteiger partial charge in [0.1, 0.15) is 6.10 Å². The lowest BCUT2D eigenvalue weighted by atomic mass is 9.99. The van der Waals surface area contributed by atoms with Crippen molar-refractivity contribution in [1.29, 1.82) is 0 Å². The maximum atomic E-state index is 13.7. The summed E-state index contributed by atoms with van der Waals surface area (Å²) in [6.07, 6.45) is 1.87. The Bertz CT molecular complexity index is 1330. The van der Waals surface area contributed by atoms with Crippen LogP contribution in [0.3, 0.4) is 0 Å². The number of anilines is 3. The number of para-hydroxylation sites is 3. The summed E-state index contributed by atoms with van der Waals surface area (Å²) in [7, 11) is 1.68. The summed E-state index contributed by atoms with van der Waals surface area (Å²) in [6, 6.07) is 11.3. The van der Waals surface area contributed by atoms with Crippen LogP contribution in [0.1, 0.15) is 70.2 Å². The van der Waals surface area contributed by atoms with E-state index in [-0.39, 0.29) is 66.6 Å². The summed E-state index contributed by atoms with van der Waals surface area (Å²) < 4.78 is 6.47. The predicted molar refractivity (Wildman–Crippen MR) is 175 cm³/mol. The average Bonchev–Trinajstić information content (AvgIpc) is 2.99. The molecule has 2 aromatic rings. The van der Waals surface area contributed by atoms with E-state index < -0.39 is 12.1 Å². The Hall–Kier alpha value is -4.32. The average molecular weight is 625 g/mol. The third-order valence-electron chi connectivity index (χ3n) is 7.72. The van der Waals surface area contributed by atoms with Crippen LogP contribution < -0.4 is 26.4 Å². The molecular weight excluding hydrogens is 576 g/mol. The van der Waals surface area contributed by atoms with Crippen molar-refractivity contribution in [3.05, 3.63) is 48.0 Å². The molecule has 5 amide bonds. The molecule has 0 aromatic heterocycles. The van der Waals surface area contributed by atoms with Crippen LogP contribution in [0.5, 0.6) is 5.75 Å². The fourth-order valence-corrected chi connectivity index (χ4v) is 5.05. The third-order valence-corrected chi connectivity index (χ3v) is 7.72. The van der Waals surface area contributed by atoms with Crippen molar-refractivity contribution in [3.8, 4) is 5.75 Å². The highest BCUT2D eigenvalue weighted by molar-refractivity contribution is 6.01. The Morgan fingerprint density at radius 1 is 1.00 bits per heavy atom. The number of rotatable bonds is 13. The normalized spacial score (nSPS) is 17.0. The van der Waals surface area contributed by atoms with Crippen LogP contribution in [0, 0.1) is 5.92 Å². The number of carbonyl (C=O) groups is 4. The number of unbranched alkanes of at least 4 members (excludes halogenated alkanes) is 2. The zero-order valence-electron chi connectivity index (χ0n) is 27.0. The number of aliphatic hydroxyl groups excluding tert-OH is 1. The van der Waals surface area contributed by atoms with Crippen molar-refractivity contribution in [2.75, 3.05) is 43.1 Å². The number of nitrogens with one attached hydrogen (secondary N) is 3. The number of nitrogens with zero attached hydrogens (tertiary/aromatic N) is 2. The van der Waals surface area contributed by atoms with Gasteiger partial charge in [0.15, 0.2) is 5.75 Å². The summed E-state index contributed by atoms with van der Waals surface area (Å²) in [6.45, 7) is 7.81. The molecule has 6 N–H and O–H groups in total. The minimum absolute atomic E-state index is 0.0394. The summed E-state index contributed by atoms with van der Waals surface area (Å²) in [4.78, 5) is 54.8. The van der Waals surface area contributed by atoms with Crippen LogP contribution in [-0.2, 0) is 9.59 Å². The topological polar surface area (TPSA) is 166 Å². The number of benzene rings is 2. The van der Waals surface area contributed by atoms with E-state index in [0.717, 1.165) is 0 Å². The highest BCUT2D eigenvalue weighted by Crippen LogP contribution is 2.35. The predicted octanol–water partition coefficient (Wildman–Crippen LogP) is 4.07. The smallest absolute Gasteiger partial charge is 0.317 e. The third kappa shape index (κ3) is 10.1.